The first kappa shape index (κ1) is 12.1. The monoisotopic (exact) mass is 186 g/mol. The second kappa shape index (κ2) is 6.62. The van der Waals surface area contributed by atoms with Crippen LogP contribution >= 0.6 is 0 Å². The summed E-state index contributed by atoms with van der Waals surface area (Å²) in [6, 6.07) is 0.178. The molecule has 1 amide bonds. The lowest BCUT2D eigenvalue weighted by Crippen LogP contribution is -2.28. The second-order valence-electron chi connectivity index (χ2n) is 3.06. The SMILES string of the molecule is CON(C)C/C=C/C(=O)NC(C)C. The van der Waals surface area contributed by atoms with Crippen molar-refractivity contribution >= 4 is 5.91 Å². The van der Waals surface area contributed by atoms with Crippen molar-refractivity contribution in [2.24, 2.45) is 0 Å². The Labute approximate surface area is 79.5 Å². The van der Waals surface area contributed by atoms with Crippen molar-refractivity contribution in [1.82, 2.24) is 10.4 Å². The number of nitrogens with zero attached hydrogens (tertiary/aromatic N) is 1. The first-order valence-electron chi connectivity index (χ1n) is 4.28. The van der Waals surface area contributed by atoms with E-state index in [-0.39, 0.29) is 11.9 Å². The van der Waals surface area contributed by atoms with Gasteiger partial charge >= 0.3 is 0 Å². The van der Waals surface area contributed by atoms with E-state index in [1.54, 1.807) is 25.3 Å². The van der Waals surface area contributed by atoms with Gasteiger partial charge in [0, 0.05) is 25.7 Å². The Kier molecular flexibility index (Phi) is 6.18. The van der Waals surface area contributed by atoms with Crippen molar-refractivity contribution in [3.05, 3.63) is 12.2 Å². The summed E-state index contributed by atoms with van der Waals surface area (Å²) in [7, 11) is 3.38. The number of rotatable bonds is 5. The van der Waals surface area contributed by atoms with Gasteiger partial charge in [-0.2, -0.15) is 5.06 Å². The highest BCUT2D eigenvalue weighted by atomic mass is 16.7. The maximum atomic E-state index is 11.1. The van der Waals surface area contributed by atoms with E-state index in [4.69, 9.17) is 4.84 Å². The minimum Gasteiger partial charge on any atom is -0.350 e. The van der Waals surface area contributed by atoms with Gasteiger partial charge in [-0.15, -0.1) is 0 Å². The van der Waals surface area contributed by atoms with E-state index < -0.39 is 0 Å². The molecule has 0 atom stereocenters. The summed E-state index contributed by atoms with van der Waals surface area (Å²) >= 11 is 0. The van der Waals surface area contributed by atoms with Crippen molar-refractivity contribution < 1.29 is 9.63 Å². The van der Waals surface area contributed by atoms with Crippen LogP contribution in [-0.2, 0) is 9.63 Å². The van der Waals surface area contributed by atoms with Crippen molar-refractivity contribution in [2.45, 2.75) is 19.9 Å². The molecule has 0 radical (unpaired) electrons. The summed E-state index contributed by atoms with van der Waals surface area (Å²) in [5, 5.41) is 4.37. The number of nitrogens with one attached hydrogen (secondary N) is 1. The molecule has 0 fully saturated rings. The Morgan fingerprint density at radius 2 is 2.23 bits per heavy atom. The van der Waals surface area contributed by atoms with Gasteiger partial charge in [-0.1, -0.05) is 6.08 Å². The summed E-state index contributed by atoms with van der Waals surface area (Å²) in [6.07, 6.45) is 3.26. The molecule has 0 saturated carbocycles. The molecule has 0 aromatic carbocycles. The van der Waals surface area contributed by atoms with Gasteiger partial charge in [0.1, 0.15) is 0 Å². The fraction of sp³-hybridized carbons (Fsp3) is 0.667. The molecule has 76 valence electrons. The Morgan fingerprint density at radius 1 is 1.62 bits per heavy atom. The summed E-state index contributed by atoms with van der Waals surface area (Å²) in [6.45, 7) is 4.45. The van der Waals surface area contributed by atoms with Crippen LogP contribution in [0.3, 0.4) is 0 Å². The van der Waals surface area contributed by atoms with Crippen LogP contribution in [0.4, 0.5) is 0 Å². The Morgan fingerprint density at radius 3 is 2.69 bits per heavy atom. The second-order valence-corrected chi connectivity index (χ2v) is 3.06. The molecule has 0 spiro atoms. The summed E-state index contributed by atoms with van der Waals surface area (Å²) in [5.41, 5.74) is 0. The highest BCUT2D eigenvalue weighted by molar-refractivity contribution is 5.87. The molecule has 0 rings (SSSR count). The fourth-order valence-electron chi connectivity index (χ4n) is 0.715. The molecule has 0 saturated heterocycles. The Balaban J connectivity index is 3.65. The van der Waals surface area contributed by atoms with E-state index in [9.17, 15) is 4.79 Å². The Hall–Kier alpha value is -0.870. The highest BCUT2D eigenvalue weighted by Crippen LogP contribution is 1.84. The third-order valence-electron chi connectivity index (χ3n) is 1.37. The van der Waals surface area contributed by atoms with Gasteiger partial charge in [0.2, 0.25) is 5.91 Å². The van der Waals surface area contributed by atoms with Gasteiger partial charge < -0.3 is 10.2 Å². The summed E-state index contributed by atoms with van der Waals surface area (Å²) in [5.74, 6) is -0.0699. The zero-order valence-electron chi connectivity index (χ0n) is 8.70. The maximum Gasteiger partial charge on any atom is 0.243 e. The first-order valence-corrected chi connectivity index (χ1v) is 4.28. The van der Waals surface area contributed by atoms with Crippen LogP contribution < -0.4 is 5.32 Å². The number of carbonyl (C=O) groups excluding carboxylic acids is 1. The van der Waals surface area contributed by atoms with Gasteiger partial charge in [0.25, 0.3) is 0 Å². The van der Waals surface area contributed by atoms with Crippen LogP contribution in [0.5, 0.6) is 0 Å². The molecular weight excluding hydrogens is 168 g/mol. The van der Waals surface area contributed by atoms with Crippen molar-refractivity contribution in [3.63, 3.8) is 0 Å². The number of hydroxylamine groups is 2. The number of hydrogen-bond donors (Lipinski definition) is 1. The van der Waals surface area contributed by atoms with Crippen molar-refractivity contribution in [1.29, 1.82) is 0 Å². The fourth-order valence-corrected chi connectivity index (χ4v) is 0.715. The van der Waals surface area contributed by atoms with Crippen LogP contribution in [-0.4, -0.2) is 37.7 Å². The predicted molar refractivity (Wildman–Crippen MR) is 52.1 cm³/mol. The average molecular weight is 186 g/mol. The lowest BCUT2D eigenvalue weighted by molar-refractivity contribution is -0.117. The molecule has 1 N–H and O–H groups in total. The largest absolute Gasteiger partial charge is 0.350 e. The summed E-state index contributed by atoms with van der Waals surface area (Å²) < 4.78 is 0. The minimum absolute atomic E-state index is 0.0699. The molecule has 0 bridgehead atoms. The van der Waals surface area contributed by atoms with Gasteiger partial charge in [0.05, 0.1) is 7.11 Å². The van der Waals surface area contributed by atoms with Gasteiger partial charge in [-0.25, -0.2) is 0 Å². The topological polar surface area (TPSA) is 41.6 Å². The Bertz CT molecular complexity index is 178. The van der Waals surface area contributed by atoms with Crippen LogP contribution in [0, 0.1) is 0 Å². The number of amides is 1. The molecular formula is C9H18N2O2. The average Bonchev–Trinajstić information content (AvgIpc) is 2.02. The highest BCUT2D eigenvalue weighted by Gasteiger charge is 1.97. The van der Waals surface area contributed by atoms with Crippen LogP contribution in [0.25, 0.3) is 0 Å². The third kappa shape index (κ3) is 7.49. The molecule has 4 heteroatoms. The molecule has 0 aliphatic heterocycles. The van der Waals surface area contributed by atoms with Gasteiger partial charge in [0.15, 0.2) is 0 Å². The molecule has 0 aliphatic carbocycles. The lowest BCUT2D eigenvalue weighted by Gasteiger charge is -2.09. The van der Waals surface area contributed by atoms with E-state index in [0.717, 1.165) is 0 Å². The van der Waals surface area contributed by atoms with E-state index in [1.807, 2.05) is 13.8 Å². The molecule has 0 aliphatic rings. The third-order valence-corrected chi connectivity index (χ3v) is 1.37. The predicted octanol–water partition coefficient (Wildman–Crippen LogP) is 0.560. The summed E-state index contributed by atoms with van der Waals surface area (Å²) in [4.78, 5) is 15.9. The molecule has 4 nitrogen and oxygen atoms in total. The quantitative estimate of drug-likeness (QED) is 0.504. The van der Waals surface area contributed by atoms with Gasteiger partial charge in [-0.3, -0.25) is 4.79 Å². The van der Waals surface area contributed by atoms with E-state index >= 15 is 0 Å². The normalized spacial score (nSPS) is 11.5. The number of carbonyl (C=O) groups is 1. The standard InChI is InChI=1S/C9H18N2O2/c1-8(2)10-9(12)6-5-7-11(3)13-4/h5-6,8H,7H2,1-4H3,(H,10,12)/b6-5+. The molecule has 0 aromatic heterocycles. The molecule has 13 heavy (non-hydrogen) atoms. The molecule has 0 aromatic rings. The minimum atomic E-state index is -0.0699. The number of hydrogen-bond acceptors (Lipinski definition) is 3. The van der Waals surface area contributed by atoms with E-state index in [0.29, 0.717) is 6.54 Å². The lowest BCUT2D eigenvalue weighted by atomic mass is 10.3. The maximum absolute atomic E-state index is 11.1. The zero-order valence-corrected chi connectivity index (χ0v) is 8.70. The van der Waals surface area contributed by atoms with Crippen molar-refractivity contribution in [3.8, 4) is 0 Å². The van der Waals surface area contributed by atoms with Gasteiger partial charge in [-0.05, 0) is 13.8 Å². The first-order chi connectivity index (χ1) is 6.06. The molecule has 0 heterocycles. The molecule has 0 unspecified atom stereocenters. The van der Waals surface area contributed by atoms with Crippen LogP contribution in [0.15, 0.2) is 12.2 Å². The van der Waals surface area contributed by atoms with E-state index in [1.165, 1.54) is 6.08 Å². The van der Waals surface area contributed by atoms with Crippen LogP contribution in [0.2, 0.25) is 0 Å². The zero-order chi connectivity index (χ0) is 10.3. The van der Waals surface area contributed by atoms with E-state index in [2.05, 4.69) is 5.32 Å². The number of likely N-dealkylation sites (N-methyl/N-ethyl adjacent to an activating group) is 1. The van der Waals surface area contributed by atoms with Crippen LogP contribution in [0.1, 0.15) is 13.8 Å². The van der Waals surface area contributed by atoms with Crippen molar-refractivity contribution in [2.75, 3.05) is 20.7 Å². The smallest absolute Gasteiger partial charge is 0.243 e.